The van der Waals surface area contributed by atoms with Crippen LogP contribution in [0.5, 0.6) is 0 Å². The number of benzene rings is 3. The van der Waals surface area contributed by atoms with Crippen LogP contribution in [0.15, 0.2) is 82.6 Å². The highest BCUT2D eigenvalue weighted by Gasteiger charge is 2.41. The highest BCUT2D eigenvalue weighted by molar-refractivity contribution is 7.89. The Hall–Kier alpha value is -3.82. The van der Waals surface area contributed by atoms with E-state index in [4.69, 9.17) is 25.8 Å². The molecule has 0 saturated carbocycles. The molecular formula is C25H27N5O7S2. The Bertz CT molecular complexity index is 1600. The fourth-order valence-corrected chi connectivity index (χ4v) is 6.22. The van der Waals surface area contributed by atoms with E-state index < -0.39 is 31.9 Å². The second kappa shape index (κ2) is 11.1. The van der Waals surface area contributed by atoms with Gasteiger partial charge in [0.2, 0.25) is 20.0 Å². The highest BCUT2D eigenvalue weighted by Crippen LogP contribution is 2.29. The van der Waals surface area contributed by atoms with E-state index in [0.29, 0.717) is 16.8 Å². The molecule has 0 aromatic heterocycles. The molecule has 1 heterocycles. The number of rotatable bonds is 8. The van der Waals surface area contributed by atoms with Gasteiger partial charge in [0, 0.05) is 29.7 Å². The third-order valence-electron chi connectivity index (χ3n) is 6.00. The van der Waals surface area contributed by atoms with Gasteiger partial charge in [0.25, 0.3) is 0 Å². The zero-order valence-corrected chi connectivity index (χ0v) is 22.2. The lowest BCUT2D eigenvalue weighted by Crippen LogP contribution is -2.55. The van der Waals surface area contributed by atoms with Gasteiger partial charge >= 0.3 is 6.09 Å². The largest absolute Gasteiger partial charge is 0.426 e. The topological polar surface area (TPSA) is 204 Å². The van der Waals surface area contributed by atoms with Crippen LogP contribution in [0.1, 0.15) is 18.4 Å². The molecule has 0 unspecified atom stereocenters. The van der Waals surface area contributed by atoms with Crippen molar-refractivity contribution in [2.24, 2.45) is 10.9 Å². The first-order valence-electron chi connectivity index (χ1n) is 11.7. The zero-order chi connectivity index (χ0) is 28.3. The van der Waals surface area contributed by atoms with Gasteiger partial charge in [-0.1, -0.05) is 42.5 Å². The number of hydrogen-bond acceptors (Lipinski definition) is 8. The standard InChI is InChI=1S/C25H27N5O7S2/c26-23(27)18-4-3-5-20(16-18)39(34,35)30-25(12-14-36-15-13-25)37-24(31)29-19-10-8-17(9-11-19)21-6-1-2-7-22(21)38(28,32)33/h1-11,16,30H,12-15H2,(H3,26,27)(H,29,31)(H2,28,32,33). The summed E-state index contributed by atoms with van der Waals surface area (Å²) in [7, 11) is -8.12. The second-order valence-corrected chi connectivity index (χ2v) is 12.0. The molecule has 39 heavy (non-hydrogen) atoms. The molecule has 0 atom stereocenters. The van der Waals surface area contributed by atoms with Gasteiger partial charge in [-0.25, -0.2) is 26.8 Å². The molecule has 1 aliphatic rings. The van der Waals surface area contributed by atoms with Crippen LogP contribution in [0.4, 0.5) is 10.5 Å². The molecule has 0 radical (unpaired) electrons. The van der Waals surface area contributed by atoms with Crippen LogP contribution in [-0.2, 0) is 29.5 Å². The van der Waals surface area contributed by atoms with Crippen molar-refractivity contribution in [3.05, 3.63) is 78.4 Å². The maximum atomic E-state index is 13.2. The molecule has 1 saturated heterocycles. The maximum Gasteiger partial charge on any atom is 0.413 e. The van der Waals surface area contributed by atoms with Crippen LogP contribution >= 0.6 is 0 Å². The smallest absolute Gasteiger partial charge is 0.413 e. The molecule has 206 valence electrons. The van der Waals surface area contributed by atoms with Gasteiger partial charge < -0.3 is 15.2 Å². The fourth-order valence-electron chi connectivity index (χ4n) is 4.07. The number of amides is 1. The van der Waals surface area contributed by atoms with Gasteiger partial charge in [-0.2, -0.15) is 4.72 Å². The van der Waals surface area contributed by atoms with Crippen molar-refractivity contribution in [3.8, 4) is 11.1 Å². The number of amidine groups is 1. The molecule has 1 aliphatic heterocycles. The normalized spacial score (nSPS) is 15.3. The van der Waals surface area contributed by atoms with E-state index in [1.165, 1.54) is 30.3 Å². The third-order valence-corrected chi connectivity index (χ3v) is 8.48. The first-order chi connectivity index (χ1) is 18.4. The van der Waals surface area contributed by atoms with Crippen molar-refractivity contribution >= 4 is 37.7 Å². The van der Waals surface area contributed by atoms with Gasteiger partial charge in [0.15, 0.2) is 5.72 Å². The number of nitrogens with one attached hydrogen (secondary N) is 3. The molecule has 12 nitrogen and oxygen atoms in total. The van der Waals surface area contributed by atoms with E-state index >= 15 is 0 Å². The summed E-state index contributed by atoms with van der Waals surface area (Å²) in [5, 5.41) is 15.4. The predicted octanol–water partition coefficient (Wildman–Crippen LogP) is 2.32. The number of carbonyl (C=O) groups excluding carboxylic acids is 1. The van der Waals surface area contributed by atoms with E-state index in [0.717, 1.165) is 0 Å². The van der Waals surface area contributed by atoms with Crippen molar-refractivity contribution in [1.29, 1.82) is 5.41 Å². The van der Waals surface area contributed by atoms with Crippen LogP contribution in [0.2, 0.25) is 0 Å². The summed E-state index contributed by atoms with van der Waals surface area (Å²) in [5.41, 5.74) is 5.42. The van der Waals surface area contributed by atoms with Crippen molar-refractivity contribution < 1.29 is 31.1 Å². The Morgan fingerprint density at radius 1 is 0.949 bits per heavy atom. The number of nitrogen functional groups attached to an aromatic ring is 1. The van der Waals surface area contributed by atoms with E-state index in [-0.39, 0.29) is 47.2 Å². The third kappa shape index (κ3) is 6.79. The Labute approximate surface area is 225 Å². The summed E-state index contributed by atoms with van der Waals surface area (Å²) in [4.78, 5) is 12.7. The number of ether oxygens (including phenoxy) is 2. The predicted molar refractivity (Wildman–Crippen MR) is 144 cm³/mol. The molecule has 0 bridgehead atoms. The minimum absolute atomic E-state index is 0.0345. The minimum atomic E-state index is -4.17. The van der Waals surface area contributed by atoms with Gasteiger partial charge in [-0.05, 0) is 35.9 Å². The lowest BCUT2D eigenvalue weighted by atomic mass is 10.1. The first-order valence-corrected chi connectivity index (χ1v) is 14.7. The Balaban J connectivity index is 1.51. The van der Waals surface area contributed by atoms with Crippen molar-refractivity contribution in [1.82, 2.24) is 4.72 Å². The van der Waals surface area contributed by atoms with Crippen molar-refractivity contribution in [2.75, 3.05) is 18.5 Å². The molecule has 1 fully saturated rings. The second-order valence-electron chi connectivity index (χ2n) is 8.79. The minimum Gasteiger partial charge on any atom is -0.426 e. The van der Waals surface area contributed by atoms with E-state index in [9.17, 15) is 21.6 Å². The number of nitrogens with two attached hydrogens (primary N) is 2. The number of hydrogen-bond donors (Lipinski definition) is 5. The Kier molecular flexibility index (Phi) is 8.04. The van der Waals surface area contributed by atoms with Gasteiger partial charge in [0.1, 0.15) is 5.84 Å². The average Bonchev–Trinajstić information content (AvgIpc) is 2.89. The quantitative estimate of drug-likeness (QED) is 0.153. The van der Waals surface area contributed by atoms with Gasteiger partial charge in [0.05, 0.1) is 23.0 Å². The highest BCUT2D eigenvalue weighted by atomic mass is 32.2. The van der Waals surface area contributed by atoms with Crippen LogP contribution in [0, 0.1) is 5.41 Å². The molecule has 3 aromatic rings. The van der Waals surface area contributed by atoms with Crippen LogP contribution < -0.4 is 20.9 Å². The monoisotopic (exact) mass is 573 g/mol. The van der Waals surface area contributed by atoms with E-state index in [1.807, 2.05) is 0 Å². The van der Waals surface area contributed by atoms with Crippen molar-refractivity contribution in [2.45, 2.75) is 28.4 Å². The average molecular weight is 574 g/mol. The van der Waals surface area contributed by atoms with Crippen LogP contribution in [-0.4, -0.2) is 47.7 Å². The van der Waals surface area contributed by atoms with Gasteiger partial charge in [-0.15, -0.1) is 0 Å². The molecule has 3 aromatic carbocycles. The van der Waals surface area contributed by atoms with E-state index in [1.54, 1.807) is 42.5 Å². The van der Waals surface area contributed by atoms with Crippen molar-refractivity contribution in [3.63, 3.8) is 0 Å². The Morgan fingerprint density at radius 2 is 1.62 bits per heavy atom. The molecule has 0 aliphatic carbocycles. The maximum absolute atomic E-state index is 13.2. The summed E-state index contributed by atoms with van der Waals surface area (Å²) < 4.78 is 63.6. The number of carbonyl (C=O) groups is 1. The fraction of sp³-hybridized carbons (Fsp3) is 0.200. The van der Waals surface area contributed by atoms with Gasteiger partial charge in [-0.3, -0.25) is 10.7 Å². The number of anilines is 1. The molecule has 14 heteroatoms. The first kappa shape index (κ1) is 28.2. The summed E-state index contributed by atoms with van der Waals surface area (Å²) in [5.74, 6) is -0.289. The molecule has 7 N–H and O–H groups in total. The summed E-state index contributed by atoms with van der Waals surface area (Å²) >= 11 is 0. The number of primary sulfonamides is 1. The summed E-state index contributed by atoms with van der Waals surface area (Å²) in [6.07, 6.45) is -0.778. The zero-order valence-electron chi connectivity index (χ0n) is 20.6. The lowest BCUT2D eigenvalue weighted by Gasteiger charge is -2.36. The molecular weight excluding hydrogens is 546 g/mol. The van der Waals surface area contributed by atoms with E-state index in [2.05, 4.69) is 10.0 Å². The SMILES string of the molecule is N=C(N)c1cccc(S(=O)(=O)NC2(OC(=O)Nc3ccc(-c4ccccc4S(N)(=O)=O)cc3)CCOCC2)c1. The van der Waals surface area contributed by atoms with Crippen LogP contribution in [0.3, 0.4) is 0 Å². The van der Waals surface area contributed by atoms with Crippen LogP contribution in [0.25, 0.3) is 11.1 Å². The molecule has 0 spiro atoms. The molecule has 1 amide bonds. The summed E-state index contributed by atoms with van der Waals surface area (Å²) in [6.45, 7) is 0.308. The Morgan fingerprint density at radius 3 is 2.26 bits per heavy atom. The lowest BCUT2D eigenvalue weighted by molar-refractivity contribution is -0.0733. The summed E-state index contributed by atoms with van der Waals surface area (Å²) in [6, 6.07) is 18.1. The molecule has 4 rings (SSSR count). The number of sulfonamides is 2.